The van der Waals surface area contributed by atoms with E-state index in [0.717, 1.165) is 24.1 Å². The van der Waals surface area contributed by atoms with E-state index >= 15 is 0 Å². The highest BCUT2D eigenvalue weighted by Gasteiger charge is 2.35. The topological polar surface area (TPSA) is 132 Å². The molecule has 1 aromatic heterocycles. The molecule has 4 heterocycles. The first-order valence-electron chi connectivity index (χ1n) is 13.8. The Labute approximate surface area is 237 Å². The van der Waals surface area contributed by atoms with Gasteiger partial charge in [-0.15, -0.1) is 0 Å². The molecule has 0 unspecified atom stereocenters. The lowest BCUT2D eigenvalue weighted by Crippen LogP contribution is -2.50. The molecule has 0 aliphatic carbocycles. The third-order valence-electron chi connectivity index (χ3n) is 7.90. The summed E-state index contributed by atoms with van der Waals surface area (Å²) in [6.07, 6.45) is 3.85. The molecule has 0 radical (unpaired) electrons. The van der Waals surface area contributed by atoms with Crippen molar-refractivity contribution in [2.75, 3.05) is 36.0 Å². The van der Waals surface area contributed by atoms with Crippen LogP contribution in [0, 0.1) is 11.3 Å². The summed E-state index contributed by atoms with van der Waals surface area (Å²) < 4.78 is 11.5. The summed E-state index contributed by atoms with van der Waals surface area (Å²) in [7, 11) is 0. The second kappa shape index (κ2) is 11.3. The molecule has 0 bridgehead atoms. The van der Waals surface area contributed by atoms with E-state index in [-0.39, 0.29) is 42.1 Å². The van der Waals surface area contributed by atoms with Crippen LogP contribution in [-0.4, -0.2) is 70.3 Å². The van der Waals surface area contributed by atoms with Gasteiger partial charge in [0.1, 0.15) is 36.0 Å². The minimum atomic E-state index is -0.353. The number of nitrogens with zero attached hydrogens (tertiary/aromatic N) is 6. The average molecular weight is 555 g/mol. The van der Waals surface area contributed by atoms with Crippen LogP contribution in [0.25, 0.3) is 0 Å². The molecule has 3 aliphatic heterocycles. The number of amides is 2. The van der Waals surface area contributed by atoms with Gasteiger partial charge in [-0.3, -0.25) is 9.69 Å². The highest BCUT2D eigenvalue weighted by atomic mass is 16.6. The van der Waals surface area contributed by atoms with Crippen LogP contribution in [0.15, 0.2) is 54.7 Å². The predicted octanol–water partition coefficient (Wildman–Crippen LogP) is 3.86. The predicted molar refractivity (Wildman–Crippen MR) is 149 cm³/mol. The fourth-order valence-electron chi connectivity index (χ4n) is 5.71. The van der Waals surface area contributed by atoms with Gasteiger partial charge in [-0.25, -0.2) is 14.8 Å². The normalized spacial score (nSPS) is 17.9. The van der Waals surface area contributed by atoms with Gasteiger partial charge in [0.15, 0.2) is 0 Å². The van der Waals surface area contributed by atoms with E-state index in [1.165, 1.54) is 6.07 Å². The van der Waals surface area contributed by atoms with Crippen molar-refractivity contribution in [3.63, 3.8) is 0 Å². The van der Waals surface area contributed by atoms with Gasteiger partial charge >= 0.3 is 6.09 Å². The highest BCUT2D eigenvalue weighted by Crippen LogP contribution is 2.33. The second-order valence-corrected chi connectivity index (χ2v) is 10.4. The maximum Gasteiger partial charge on any atom is 0.414 e. The zero-order valence-corrected chi connectivity index (χ0v) is 22.5. The standard InChI is InChI=1S/C30H30N6O5/c31-18-21-7-12-32-29(33-21)35-15-10-23(11-16-35)41-24-5-6-25(27(37)17-24)28(38)34-13-8-22(9-14-34)36-26-4-2-1-3-20(26)19-40-30(36)39/h1-7,12,17,22-23,37H,8-11,13-16,19H2. The smallest absolute Gasteiger partial charge is 0.414 e. The molecule has 11 nitrogen and oxygen atoms in total. The number of aromatic nitrogens is 2. The van der Waals surface area contributed by atoms with Gasteiger partial charge in [0, 0.05) is 62.9 Å². The number of cyclic esters (lactones) is 1. The fourth-order valence-corrected chi connectivity index (χ4v) is 5.71. The Balaban J connectivity index is 1.03. The molecule has 3 aromatic rings. The zero-order chi connectivity index (χ0) is 28.3. The number of rotatable bonds is 5. The van der Waals surface area contributed by atoms with Gasteiger partial charge in [-0.1, -0.05) is 18.2 Å². The van der Waals surface area contributed by atoms with Crippen LogP contribution in [-0.2, 0) is 11.3 Å². The SMILES string of the molecule is N#Cc1ccnc(N2CCC(Oc3ccc(C(=O)N4CCC(N5C(=O)OCc6ccccc65)CC4)c(O)c3)CC2)n1. The number of nitriles is 1. The summed E-state index contributed by atoms with van der Waals surface area (Å²) in [5, 5.41) is 19.8. The zero-order valence-electron chi connectivity index (χ0n) is 22.5. The molecule has 0 spiro atoms. The quantitative estimate of drug-likeness (QED) is 0.499. The molecule has 41 heavy (non-hydrogen) atoms. The lowest BCUT2D eigenvalue weighted by Gasteiger charge is -2.40. The Hall–Kier alpha value is -4.85. The molecule has 0 saturated carbocycles. The molecule has 2 aromatic carbocycles. The molecule has 3 aliphatic rings. The van der Waals surface area contributed by atoms with Crippen LogP contribution < -0.4 is 14.5 Å². The van der Waals surface area contributed by atoms with Crippen LogP contribution >= 0.6 is 0 Å². The number of para-hydroxylation sites is 1. The van der Waals surface area contributed by atoms with Gasteiger partial charge in [-0.05, 0) is 37.1 Å². The minimum absolute atomic E-state index is 0.0583. The summed E-state index contributed by atoms with van der Waals surface area (Å²) in [4.78, 5) is 39.8. The maximum absolute atomic E-state index is 13.3. The lowest BCUT2D eigenvalue weighted by molar-refractivity contribution is 0.0705. The van der Waals surface area contributed by atoms with E-state index in [9.17, 15) is 14.7 Å². The van der Waals surface area contributed by atoms with Crippen LogP contribution in [0.4, 0.5) is 16.4 Å². The van der Waals surface area contributed by atoms with E-state index in [0.29, 0.717) is 56.4 Å². The van der Waals surface area contributed by atoms with Crippen LogP contribution in [0.1, 0.15) is 47.3 Å². The Morgan fingerprint density at radius 1 is 1.05 bits per heavy atom. The first-order chi connectivity index (χ1) is 20.0. The molecule has 210 valence electrons. The van der Waals surface area contributed by atoms with Gasteiger partial charge in [0.2, 0.25) is 5.95 Å². The summed E-state index contributed by atoms with van der Waals surface area (Å²) >= 11 is 0. The number of ether oxygens (including phenoxy) is 2. The van der Waals surface area contributed by atoms with Gasteiger partial charge in [-0.2, -0.15) is 5.26 Å². The number of likely N-dealkylation sites (tertiary alicyclic amines) is 1. The number of hydrogen-bond donors (Lipinski definition) is 1. The van der Waals surface area contributed by atoms with Crippen LogP contribution in [0.3, 0.4) is 0 Å². The molecular formula is C30H30N6O5. The third kappa shape index (κ3) is 5.45. The number of fused-ring (bicyclic) bond motifs is 1. The number of carbonyl (C=O) groups excluding carboxylic acids is 2. The fraction of sp³-hybridized carbons (Fsp3) is 0.367. The molecule has 6 rings (SSSR count). The number of carbonyl (C=O) groups is 2. The van der Waals surface area contributed by atoms with Crippen molar-refractivity contribution in [1.82, 2.24) is 14.9 Å². The first kappa shape index (κ1) is 26.4. The van der Waals surface area contributed by atoms with Crippen LogP contribution in [0.5, 0.6) is 11.5 Å². The Kier molecular flexibility index (Phi) is 7.29. The van der Waals surface area contributed by atoms with Crippen molar-refractivity contribution in [1.29, 1.82) is 5.26 Å². The Morgan fingerprint density at radius 2 is 1.83 bits per heavy atom. The van der Waals surface area contributed by atoms with E-state index in [4.69, 9.17) is 14.7 Å². The minimum Gasteiger partial charge on any atom is -0.507 e. The van der Waals surface area contributed by atoms with E-state index in [2.05, 4.69) is 9.97 Å². The Morgan fingerprint density at radius 3 is 2.59 bits per heavy atom. The summed E-state index contributed by atoms with van der Waals surface area (Å²) in [6.45, 7) is 2.56. The van der Waals surface area contributed by atoms with Gasteiger partial charge in [0.05, 0.1) is 11.3 Å². The maximum atomic E-state index is 13.3. The number of anilines is 2. The first-order valence-corrected chi connectivity index (χ1v) is 13.8. The number of phenolic OH excluding ortho intramolecular Hbond substituents is 1. The van der Waals surface area contributed by atoms with E-state index in [1.54, 1.807) is 34.2 Å². The van der Waals surface area contributed by atoms with Gasteiger partial charge < -0.3 is 24.4 Å². The largest absolute Gasteiger partial charge is 0.507 e. The molecule has 2 amide bonds. The number of piperidine rings is 2. The van der Waals surface area contributed by atoms with Crippen molar-refractivity contribution in [3.05, 3.63) is 71.5 Å². The van der Waals surface area contributed by atoms with Crippen molar-refractivity contribution >= 4 is 23.6 Å². The summed E-state index contributed by atoms with van der Waals surface area (Å²) in [6, 6.07) is 16.1. The lowest BCUT2D eigenvalue weighted by atomic mass is 10.00. The average Bonchev–Trinajstić information content (AvgIpc) is 3.01. The highest BCUT2D eigenvalue weighted by molar-refractivity contribution is 5.97. The van der Waals surface area contributed by atoms with Crippen molar-refractivity contribution in [3.8, 4) is 17.6 Å². The molecule has 0 atom stereocenters. The summed E-state index contributed by atoms with van der Waals surface area (Å²) in [5.74, 6) is 0.665. The van der Waals surface area contributed by atoms with Crippen LogP contribution in [0.2, 0.25) is 0 Å². The van der Waals surface area contributed by atoms with E-state index in [1.807, 2.05) is 35.2 Å². The molecular weight excluding hydrogens is 524 g/mol. The third-order valence-corrected chi connectivity index (χ3v) is 7.90. The number of aromatic hydroxyl groups is 1. The monoisotopic (exact) mass is 554 g/mol. The Bertz CT molecular complexity index is 1490. The number of phenols is 1. The van der Waals surface area contributed by atoms with Crippen molar-refractivity contribution < 1.29 is 24.2 Å². The van der Waals surface area contributed by atoms with E-state index < -0.39 is 0 Å². The summed E-state index contributed by atoms with van der Waals surface area (Å²) in [5.41, 5.74) is 2.40. The second-order valence-electron chi connectivity index (χ2n) is 10.4. The molecule has 2 fully saturated rings. The molecule has 2 saturated heterocycles. The number of benzene rings is 2. The van der Waals surface area contributed by atoms with Crippen molar-refractivity contribution in [2.45, 2.75) is 44.4 Å². The number of hydrogen-bond acceptors (Lipinski definition) is 9. The van der Waals surface area contributed by atoms with Crippen molar-refractivity contribution in [2.24, 2.45) is 0 Å². The van der Waals surface area contributed by atoms with Gasteiger partial charge in [0.25, 0.3) is 5.91 Å². The molecule has 11 heteroatoms. The molecule has 1 N–H and O–H groups in total.